The van der Waals surface area contributed by atoms with Gasteiger partial charge in [-0.2, -0.15) is 0 Å². The first-order valence-corrected chi connectivity index (χ1v) is 5.99. The summed E-state index contributed by atoms with van der Waals surface area (Å²) in [6, 6.07) is 0. The number of aromatic nitrogens is 2. The molecular weight excluding hydrogens is 230 g/mol. The van der Waals surface area contributed by atoms with Crippen molar-refractivity contribution >= 4 is 11.8 Å². The van der Waals surface area contributed by atoms with E-state index < -0.39 is 5.97 Å². The highest BCUT2D eigenvalue weighted by molar-refractivity contribution is 5.92. The predicted octanol–water partition coefficient (Wildman–Crippen LogP) is 2.36. The van der Waals surface area contributed by atoms with Crippen LogP contribution in [-0.4, -0.2) is 34.6 Å². The van der Waals surface area contributed by atoms with Gasteiger partial charge >= 0.3 is 5.97 Å². The van der Waals surface area contributed by atoms with Crippen LogP contribution in [0, 0.1) is 12.3 Å². The van der Waals surface area contributed by atoms with Crippen LogP contribution in [0.15, 0.2) is 6.20 Å². The molecule has 0 spiro atoms. The molecule has 0 aromatic carbocycles. The third kappa shape index (κ3) is 3.98. The average Bonchev–Trinajstić information content (AvgIpc) is 2.24. The van der Waals surface area contributed by atoms with Crippen molar-refractivity contribution in [1.82, 2.24) is 9.97 Å². The zero-order chi connectivity index (χ0) is 13.9. The lowest BCUT2D eigenvalue weighted by Crippen LogP contribution is -2.26. The smallest absolute Gasteiger partial charge is 0.341 e. The molecule has 0 amide bonds. The Morgan fingerprint density at radius 2 is 2.06 bits per heavy atom. The van der Waals surface area contributed by atoms with Crippen LogP contribution in [0.5, 0.6) is 0 Å². The molecule has 18 heavy (non-hydrogen) atoms. The summed E-state index contributed by atoms with van der Waals surface area (Å²) in [5.74, 6) is 0.0736. The maximum atomic E-state index is 11.1. The van der Waals surface area contributed by atoms with Gasteiger partial charge in [0.2, 0.25) is 0 Å². The van der Waals surface area contributed by atoms with E-state index in [1.165, 1.54) is 6.20 Å². The molecule has 0 unspecified atom stereocenters. The second kappa shape index (κ2) is 5.33. The molecule has 0 saturated heterocycles. The van der Waals surface area contributed by atoms with Crippen LogP contribution in [0.2, 0.25) is 0 Å². The molecule has 5 nitrogen and oxygen atoms in total. The number of hydrogen-bond acceptors (Lipinski definition) is 4. The molecule has 0 atom stereocenters. The van der Waals surface area contributed by atoms with Crippen LogP contribution < -0.4 is 4.90 Å². The van der Waals surface area contributed by atoms with Crippen LogP contribution >= 0.6 is 0 Å². The Morgan fingerprint density at radius 1 is 1.44 bits per heavy atom. The third-order valence-electron chi connectivity index (χ3n) is 2.68. The standard InChI is InChI=1S/C13H21N3O2/c1-9-14-8-10(12(17)18)11(15-9)16(5)7-6-13(2,3)4/h8H,6-7H2,1-5H3,(H,17,18). The Balaban J connectivity index is 2.93. The van der Waals surface area contributed by atoms with Gasteiger partial charge in [0.1, 0.15) is 17.2 Å². The lowest BCUT2D eigenvalue weighted by molar-refractivity contribution is 0.0696. The second-order valence-electron chi connectivity index (χ2n) is 5.69. The molecule has 1 aromatic rings. The average molecular weight is 251 g/mol. The van der Waals surface area contributed by atoms with Gasteiger partial charge in [0, 0.05) is 19.8 Å². The van der Waals surface area contributed by atoms with Gasteiger partial charge in [0.15, 0.2) is 0 Å². The largest absolute Gasteiger partial charge is 0.477 e. The molecule has 1 N–H and O–H groups in total. The van der Waals surface area contributed by atoms with Gasteiger partial charge in [-0.15, -0.1) is 0 Å². The van der Waals surface area contributed by atoms with Crippen molar-refractivity contribution in [2.24, 2.45) is 5.41 Å². The molecule has 0 radical (unpaired) electrons. The first-order chi connectivity index (χ1) is 8.20. The van der Waals surface area contributed by atoms with Crippen LogP contribution in [-0.2, 0) is 0 Å². The van der Waals surface area contributed by atoms with Gasteiger partial charge in [-0.3, -0.25) is 0 Å². The van der Waals surface area contributed by atoms with Gasteiger partial charge in [0.05, 0.1) is 0 Å². The highest BCUT2D eigenvalue weighted by atomic mass is 16.4. The minimum Gasteiger partial charge on any atom is -0.477 e. The fourth-order valence-electron chi connectivity index (χ4n) is 1.51. The molecular formula is C13H21N3O2. The Hall–Kier alpha value is -1.65. The zero-order valence-electron chi connectivity index (χ0n) is 11.7. The monoisotopic (exact) mass is 251 g/mol. The van der Waals surface area contributed by atoms with Crippen molar-refractivity contribution in [3.05, 3.63) is 17.6 Å². The molecule has 0 aliphatic rings. The number of aromatic carboxylic acids is 1. The molecule has 0 aliphatic heterocycles. The number of anilines is 1. The Bertz CT molecular complexity index is 438. The molecule has 0 saturated carbocycles. The summed E-state index contributed by atoms with van der Waals surface area (Å²) in [7, 11) is 1.86. The fourth-order valence-corrected chi connectivity index (χ4v) is 1.51. The number of carbonyl (C=O) groups is 1. The Kier molecular flexibility index (Phi) is 4.27. The fraction of sp³-hybridized carbons (Fsp3) is 0.615. The summed E-state index contributed by atoms with van der Waals surface area (Å²) < 4.78 is 0. The Labute approximate surface area is 108 Å². The molecule has 0 fully saturated rings. The van der Waals surface area contributed by atoms with Crippen LogP contribution in [0.3, 0.4) is 0 Å². The van der Waals surface area contributed by atoms with Crippen molar-refractivity contribution < 1.29 is 9.90 Å². The van der Waals surface area contributed by atoms with Crippen LogP contribution in [0.1, 0.15) is 43.4 Å². The first-order valence-electron chi connectivity index (χ1n) is 5.99. The van der Waals surface area contributed by atoms with Crippen LogP contribution in [0.25, 0.3) is 0 Å². The first kappa shape index (κ1) is 14.4. The maximum Gasteiger partial charge on any atom is 0.341 e. The van der Waals surface area contributed by atoms with Gasteiger partial charge in [-0.25, -0.2) is 14.8 Å². The van der Waals surface area contributed by atoms with E-state index in [1.807, 2.05) is 11.9 Å². The molecule has 100 valence electrons. The summed E-state index contributed by atoms with van der Waals surface area (Å²) in [6.45, 7) is 8.99. The minimum atomic E-state index is -0.993. The van der Waals surface area contributed by atoms with E-state index in [1.54, 1.807) is 6.92 Å². The predicted molar refractivity (Wildman–Crippen MR) is 71.1 cm³/mol. The topological polar surface area (TPSA) is 66.3 Å². The number of nitrogens with zero attached hydrogens (tertiary/aromatic N) is 3. The quantitative estimate of drug-likeness (QED) is 0.889. The van der Waals surface area contributed by atoms with Crippen LogP contribution in [0.4, 0.5) is 5.82 Å². The van der Waals surface area contributed by atoms with E-state index in [2.05, 4.69) is 30.7 Å². The minimum absolute atomic E-state index is 0.150. The highest BCUT2D eigenvalue weighted by Crippen LogP contribution is 2.22. The SMILES string of the molecule is Cc1ncc(C(=O)O)c(N(C)CCC(C)(C)C)n1. The summed E-state index contributed by atoms with van der Waals surface area (Å²) in [5, 5.41) is 9.13. The van der Waals surface area contributed by atoms with Gasteiger partial charge < -0.3 is 10.0 Å². The van der Waals surface area contributed by atoms with Crippen molar-refractivity contribution in [2.45, 2.75) is 34.1 Å². The molecule has 0 aliphatic carbocycles. The molecule has 1 rings (SSSR count). The summed E-state index contributed by atoms with van der Waals surface area (Å²) in [4.78, 5) is 21.2. The van der Waals surface area contributed by atoms with E-state index in [4.69, 9.17) is 5.11 Å². The van der Waals surface area contributed by atoms with E-state index in [0.717, 1.165) is 13.0 Å². The lowest BCUT2D eigenvalue weighted by Gasteiger charge is -2.25. The van der Waals surface area contributed by atoms with Gasteiger partial charge in [-0.1, -0.05) is 20.8 Å². The summed E-state index contributed by atoms with van der Waals surface area (Å²) in [6.07, 6.45) is 2.33. The molecule has 5 heteroatoms. The maximum absolute atomic E-state index is 11.1. The highest BCUT2D eigenvalue weighted by Gasteiger charge is 2.18. The molecule has 1 aromatic heterocycles. The number of aryl methyl sites for hydroxylation is 1. The summed E-state index contributed by atoms with van der Waals surface area (Å²) >= 11 is 0. The van der Waals surface area contributed by atoms with Crippen molar-refractivity contribution in [3.63, 3.8) is 0 Å². The van der Waals surface area contributed by atoms with E-state index in [9.17, 15) is 4.79 Å². The van der Waals surface area contributed by atoms with Crippen molar-refractivity contribution in [1.29, 1.82) is 0 Å². The van der Waals surface area contributed by atoms with Gasteiger partial charge in [-0.05, 0) is 18.8 Å². The lowest BCUT2D eigenvalue weighted by atomic mass is 9.92. The van der Waals surface area contributed by atoms with E-state index in [0.29, 0.717) is 11.6 Å². The van der Waals surface area contributed by atoms with Crippen molar-refractivity contribution in [3.8, 4) is 0 Å². The van der Waals surface area contributed by atoms with E-state index >= 15 is 0 Å². The van der Waals surface area contributed by atoms with E-state index in [-0.39, 0.29) is 11.0 Å². The number of carboxylic acids is 1. The zero-order valence-corrected chi connectivity index (χ0v) is 11.7. The molecule has 1 heterocycles. The Morgan fingerprint density at radius 3 is 2.56 bits per heavy atom. The third-order valence-corrected chi connectivity index (χ3v) is 2.68. The normalized spacial score (nSPS) is 11.4. The molecule has 0 bridgehead atoms. The number of carboxylic acid groups (broad SMARTS) is 1. The van der Waals surface area contributed by atoms with Gasteiger partial charge in [0.25, 0.3) is 0 Å². The number of rotatable bonds is 4. The van der Waals surface area contributed by atoms with Crippen molar-refractivity contribution in [2.75, 3.05) is 18.5 Å². The summed E-state index contributed by atoms with van der Waals surface area (Å²) in [5.41, 5.74) is 0.358. The second-order valence-corrected chi connectivity index (χ2v) is 5.69. The number of hydrogen-bond donors (Lipinski definition) is 1.